The zero-order valence-electron chi connectivity index (χ0n) is 2.83. The summed E-state index contributed by atoms with van der Waals surface area (Å²) in [6.45, 7) is 12.0. The van der Waals surface area contributed by atoms with E-state index in [4.69, 9.17) is 0 Å². The molecule has 0 heteroatoms. The molecule has 0 saturated carbocycles. The summed E-state index contributed by atoms with van der Waals surface area (Å²) in [4.78, 5) is 0. The third kappa shape index (κ3) is 1.26. The molecular weight excluding hydrogens is 48.0 g/mol. The van der Waals surface area contributed by atoms with Crippen LogP contribution in [0, 0.1) is 0 Å². The van der Waals surface area contributed by atoms with Gasteiger partial charge < -0.3 is 0 Å². The summed E-state index contributed by atoms with van der Waals surface area (Å²) in [5.41, 5.74) is 0. The topological polar surface area (TPSA) is 0 Å². The third-order valence-electron chi connectivity index (χ3n) is 0. The highest BCUT2D eigenvalue weighted by Gasteiger charge is 0.603. The molecule has 0 aromatic carbocycles. The molecule has 0 aliphatic rings. The molecule has 0 unspecified atom stereocenters. The average molecular weight is 59.1 g/mol. The minimum Gasteiger partial charge on any atom is -0.106 e. The fourth-order valence-corrected chi connectivity index (χ4v) is 0. The lowest BCUT2D eigenvalue weighted by atomic mass is 11.3. The lowest BCUT2D eigenvalue weighted by Gasteiger charge is -0.813. The maximum atomic E-state index is 3.00. The van der Waals surface area contributed by atoms with Crippen molar-refractivity contribution in [3.05, 3.63) is 26.3 Å². The van der Waals surface area contributed by atoms with Crippen LogP contribution in [0.3, 0.4) is 0 Å². The van der Waals surface area contributed by atoms with Crippen LogP contribution in [0.25, 0.3) is 0 Å². The van der Waals surface area contributed by atoms with Crippen molar-refractivity contribution in [2.75, 3.05) is 0 Å². The summed E-state index contributed by atoms with van der Waals surface area (Å²) < 4.78 is 0. The largest absolute Gasteiger partial charge is 0.106 e. The predicted octanol–water partition coefficient (Wildman–Crippen LogP) is 1.85. The SMILES string of the molecule is C=C.C=C.[2HH]. The van der Waals surface area contributed by atoms with Gasteiger partial charge in [0, 0.05) is 1.43 Å². The molecular formula is C4H10. The minimum absolute atomic E-state index is 0. The van der Waals surface area contributed by atoms with Crippen LogP contribution in [0.5, 0.6) is 0 Å². The molecule has 0 atom stereocenters. The van der Waals surface area contributed by atoms with Gasteiger partial charge in [-0.2, -0.15) is 0 Å². The van der Waals surface area contributed by atoms with Gasteiger partial charge in [0.05, 0.1) is 0 Å². The number of rotatable bonds is 0. The number of hydrogen-bond acceptors (Lipinski definition) is 0. The van der Waals surface area contributed by atoms with Crippen LogP contribution in [0.1, 0.15) is 1.43 Å². The van der Waals surface area contributed by atoms with E-state index in [0.29, 0.717) is 0 Å². The summed E-state index contributed by atoms with van der Waals surface area (Å²) in [7, 11) is 0. The molecule has 0 rings (SSSR count). The van der Waals surface area contributed by atoms with Crippen molar-refractivity contribution < 1.29 is 1.43 Å². The fourth-order valence-electron chi connectivity index (χ4n) is 0. The van der Waals surface area contributed by atoms with Gasteiger partial charge in [0.25, 0.3) is 0 Å². The van der Waals surface area contributed by atoms with Crippen molar-refractivity contribution in [2.45, 2.75) is 0 Å². The van der Waals surface area contributed by atoms with Gasteiger partial charge >= 0.3 is 0 Å². The van der Waals surface area contributed by atoms with E-state index >= 15 is 0 Å². The lowest BCUT2D eigenvalue weighted by Crippen LogP contribution is -0.552. The molecule has 26 valence electrons. The van der Waals surface area contributed by atoms with Crippen molar-refractivity contribution >= 4 is 0 Å². The van der Waals surface area contributed by atoms with Crippen molar-refractivity contribution in [1.82, 2.24) is 0 Å². The first-order valence-electron chi connectivity index (χ1n) is 1.000. The van der Waals surface area contributed by atoms with Crippen LogP contribution in [0.15, 0.2) is 26.3 Å². The highest BCUT2D eigenvalue weighted by Crippen LogP contribution is 0.864. The normalized spacial score (nSPS) is 2.00. The van der Waals surface area contributed by atoms with Crippen LogP contribution in [0.4, 0.5) is 0 Å². The summed E-state index contributed by atoms with van der Waals surface area (Å²) in [5, 5.41) is 0. The molecule has 0 aromatic heterocycles. The zero-order valence-corrected chi connectivity index (χ0v) is 2.83. The van der Waals surface area contributed by atoms with E-state index in [1.54, 1.807) is 0 Å². The summed E-state index contributed by atoms with van der Waals surface area (Å²) in [6, 6.07) is 0. The third-order valence-corrected chi connectivity index (χ3v) is 0. The first-order chi connectivity index (χ1) is 2.00. The molecule has 0 bridgehead atoms. The van der Waals surface area contributed by atoms with Gasteiger partial charge in [-0.05, 0) is 0 Å². The Kier molecular flexibility index (Phi) is 49.1. The second-order valence-electron chi connectivity index (χ2n) is 0. The van der Waals surface area contributed by atoms with E-state index in [1.165, 1.54) is 0 Å². The lowest BCUT2D eigenvalue weighted by molar-refractivity contribution is 2.81. The molecule has 0 amide bonds. The first-order valence-corrected chi connectivity index (χ1v) is 1.000. The quantitative estimate of drug-likeness (QED) is 0.373. The Morgan fingerprint density at radius 3 is 0.750 bits per heavy atom. The van der Waals surface area contributed by atoms with Crippen LogP contribution in [-0.2, 0) is 0 Å². The van der Waals surface area contributed by atoms with Crippen LogP contribution in [-0.4, -0.2) is 0 Å². The molecule has 4 heavy (non-hydrogen) atoms. The highest BCUT2D eigenvalue weighted by molar-refractivity contribution is 4.22. The molecule has 0 saturated heterocycles. The Hall–Kier alpha value is -0.520. The molecule has 0 spiro atoms. The fraction of sp³-hybridized carbons (Fsp3) is 0. The predicted molar refractivity (Wildman–Crippen MR) is 24.6 cm³/mol. The van der Waals surface area contributed by atoms with Crippen molar-refractivity contribution in [3.8, 4) is 0 Å². The Morgan fingerprint density at radius 1 is 0.750 bits per heavy atom. The van der Waals surface area contributed by atoms with E-state index in [0.717, 1.165) is 0 Å². The molecule has 0 heterocycles. The monoisotopic (exact) mass is 59.1 g/mol. The Morgan fingerprint density at radius 2 is 0.750 bits per heavy atom. The van der Waals surface area contributed by atoms with Crippen molar-refractivity contribution in [2.24, 2.45) is 0 Å². The highest BCUT2D eigenvalue weighted by atomic mass is 12.7. The molecule has 0 fully saturated rings. The molecule has 0 radical (unpaired) electrons. The van der Waals surface area contributed by atoms with Gasteiger partial charge in [-0.3, -0.25) is 0 Å². The second kappa shape index (κ2) is 20.1. The zero-order chi connectivity index (χ0) is 4.00. The van der Waals surface area contributed by atoms with Gasteiger partial charge in [0.15, 0.2) is 0 Å². The van der Waals surface area contributed by atoms with Crippen molar-refractivity contribution in [3.63, 3.8) is 0 Å². The van der Waals surface area contributed by atoms with Gasteiger partial charge in [-0.1, -0.05) is 0 Å². The molecule has 0 aliphatic heterocycles. The van der Waals surface area contributed by atoms with Crippen LogP contribution < -0.4 is 0 Å². The van der Waals surface area contributed by atoms with Crippen molar-refractivity contribution in [1.29, 1.82) is 0 Å². The molecule has 0 nitrogen and oxygen atoms in total. The second-order valence-corrected chi connectivity index (χ2v) is 0. The van der Waals surface area contributed by atoms with Gasteiger partial charge in [0.2, 0.25) is 0 Å². The summed E-state index contributed by atoms with van der Waals surface area (Å²) >= 11 is 0. The van der Waals surface area contributed by atoms with Gasteiger partial charge in [-0.15, -0.1) is 26.3 Å². The molecule has 0 aromatic rings. The Labute approximate surface area is 28.9 Å². The van der Waals surface area contributed by atoms with E-state index in [9.17, 15) is 0 Å². The minimum atomic E-state index is 0. The van der Waals surface area contributed by atoms with Crippen LogP contribution >= 0.6 is 0 Å². The van der Waals surface area contributed by atoms with E-state index < -0.39 is 0 Å². The van der Waals surface area contributed by atoms with E-state index in [2.05, 4.69) is 26.3 Å². The smallest absolute Gasteiger partial charge is 0 e. The maximum Gasteiger partial charge on any atom is 0 e. The maximum absolute atomic E-state index is 3.00. The van der Waals surface area contributed by atoms with Gasteiger partial charge in [0.1, 0.15) is 0 Å². The molecule has 0 N–H and O–H groups in total. The summed E-state index contributed by atoms with van der Waals surface area (Å²) in [5.74, 6) is 0. The van der Waals surface area contributed by atoms with E-state index in [1.807, 2.05) is 0 Å². The standard InChI is InChI=1S/2C2H4.H2/c2*1-2;/h2*1-2H2;1H/i;;1+1. The van der Waals surface area contributed by atoms with Gasteiger partial charge in [-0.25, -0.2) is 0 Å². The Bertz CT molecular complexity index is 5.61. The molecule has 0 aliphatic carbocycles. The average Bonchev–Trinajstić information content (AvgIpc) is 1.50. The Balaban J connectivity index is -0.0000000133. The number of hydrogen-bond donors (Lipinski definition) is 0. The van der Waals surface area contributed by atoms with Crippen LogP contribution in [0.2, 0.25) is 0 Å². The summed E-state index contributed by atoms with van der Waals surface area (Å²) in [6.07, 6.45) is 0. The van der Waals surface area contributed by atoms with E-state index in [-0.39, 0.29) is 1.43 Å². The first kappa shape index (κ1) is 9.77.